The molecule has 74 valence electrons. The molecule has 0 radical (unpaired) electrons. The zero-order valence-corrected chi connectivity index (χ0v) is 8.95. The molecule has 0 bridgehead atoms. The van der Waals surface area contributed by atoms with Crippen molar-refractivity contribution in [3.8, 4) is 0 Å². The fourth-order valence-corrected chi connectivity index (χ4v) is 2.64. The molecule has 1 aliphatic heterocycles. The minimum atomic E-state index is 0.206. The largest absolute Gasteiger partial charge is 0.315 e. The third kappa shape index (κ3) is 3.20. The molecule has 1 saturated heterocycles. The van der Waals surface area contributed by atoms with Gasteiger partial charge in [-0.05, 0) is 6.42 Å². The second kappa shape index (κ2) is 5.51. The monoisotopic (exact) mass is 199 g/mol. The van der Waals surface area contributed by atoms with Crippen molar-refractivity contribution in [2.24, 2.45) is 5.73 Å². The first-order valence-electron chi connectivity index (χ1n) is 4.53. The van der Waals surface area contributed by atoms with Gasteiger partial charge in [-0.2, -0.15) is 0 Å². The highest BCUT2D eigenvalue weighted by molar-refractivity contribution is 7.32. The molecule has 0 aromatic heterocycles. The van der Waals surface area contributed by atoms with Gasteiger partial charge in [0.1, 0.15) is 0 Å². The van der Waals surface area contributed by atoms with Gasteiger partial charge in [0.2, 0.25) is 0 Å². The second-order valence-corrected chi connectivity index (χ2v) is 4.54. The van der Waals surface area contributed by atoms with Crippen LogP contribution in [0.25, 0.3) is 0 Å². The van der Waals surface area contributed by atoms with Gasteiger partial charge in [0.25, 0.3) is 0 Å². The van der Waals surface area contributed by atoms with Crippen LogP contribution >= 0.6 is 8.88 Å². The summed E-state index contributed by atoms with van der Waals surface area (Å²) in [7, 11) is 0.677. The fourth-order valence-electron chi connectivity index (χ4n) is 1.35. The molecular formula is C9H18N3P. The molecule has 0 spiro atoms. The summed E-state index contributed by atoms with van der Waals surface area (Å²) < 4.78 is 4.61. The van der Waals surface area contributed by atoms with Gasteiger partial charge in [-0.1, -0.05) is 12.2 Å². The van der Waals surface area contributed by atoms with Crippen LogP contribution in [0.4, 0.5) is 0 Å². The standard InChI is InChI=1S/C9H18N3P/c1-3-6-11-8-5-9(10)12(13-11)7-4-2/h3-4,9,13H,1-2,5-8,10H2. The first-order valence-corrected chi connectivity index (χ1v) is 5.42. The van der Waals surface area contributed by atoms with Gasteiger partial charge >= 0.3 is 0 Å². The van der Waals surface area contributed by atoms with E-state index in [-0.39, 0.29) is 6.17 Å². The Labute approximate surface area is 82.2 Å². The van der Waals surface area contributed by atoms with E-state index < -0.39 is 0 Å². The van der Waals surface area contributed by atoms with Gasteiger partial charge < -0.3 is 5.73 Å². The summed E-state index contributed by atoms with van der Waals surface area (Å²) in [5.41, 5.74) is 5.96. The van der Waals surface area contributed by atoms with E-state index in [1.165, 1.54) is 0 Å². The first kappa shape index (κ1) is 10.9. The van der Waals surface area contributed by atoms with Crippen molar-refractivity contribution >= 4 is 8.88 Å². The van der Waals surface area contributed by atoms with Gasteiger partial charge in [-0.15, -0.1) is 13.2 Å². The van der Waals surface area contributed by atoms with E-state index in [2.05, 4.69) is 22.5 Å². The van der Waals surface area contributed by atoms with Crippen LogP contribution in [-0.2, 0) is 0 Å². The lowest BCUT2D eigenvalue weighted by atomic mass is 10.3. The molecule has 3 nitrogen and oxygen atoms in total. The predicted molar refractivity (Wildman–Crippen MR) is 59.6 cm³/mol. The smallest absolute Gasteiger partial charge is 0.0632 e. The maximum atomic E-state index is 5.96. The third-order valence-corrected chi connectivity index (χ3v) is 3.50. The van der Waals surface area contributed by atoms with Crippen LogP contribution in [0.5, 0.6) is 0 Å². The van der Waals surface area contributed by atoms with E-state index in [1.54, 1.807) is 0 Å². The van der Waals surface area contributed by atoms with Crippen LogP contribution in [0.1, 0.15) is 6.42 Å². The fraction of sp³-hybridized carbons (Fsp3) is 0.556. The van der Waals surface area contributed by atoms with Crippen molar-refractivity contribution in [2.75, 3.05) is 19.6 Å². The zero-order chi connectivity index (χ0) is 9.68. The van der Waals surface area contributed by atoms with Crippen molar-refractivity contribution in [3.05, 3.63) is 25.3 Å². The number of nitrogens with two attached hydrogens (primary N) is 1. The summed E-state index contributed by atoms with van der Waals surface area (Å²) >= 11 is 0. The van der Waals surface area contributed by atoms with Crippen LogP contribution in [0, 0.1) is 0 Å². The number of hydrogen-bond acceptors (Lipinski definition) is 3. The van der Waals surface area contributed by atoms with Crippen LogP contribution < -0.4 is 5.73 Å². The lowest BCUT2D eigenvalue weighted by molar-refractivity contribution is 0.280. The lowest BCUT2D eigenvalue weighted by Gasteiger charge is -2.38. The molecular weight excluding hydrogens is 181 g/mol. The highest BCUT2D eigenvalue weighted by Crippen LogP contribution is 2.30. The second-order valence-electron chi connectivity index (χ2n) is 3.13. The van der Waals surface area contributed by atoms with Crippen LogP contribution in [0.3, 0.4) is 0 Å². The molecule has 1 rings (SSSR count). The highest BCUT2D eigenvalue weighted by Gasteiger charge is 2.21. The normalized spacial score (nSPS) is 27.6. The first-order chi connectivity index (χ1) is 6.27. The van der Waals surface area contributed by atoms with E-state index in [9.17, 15) is 0 Å². The molecule has 0 aromatic carbocycles. The quantitative estimate of drug-likeness (QED) is 0.544. The van der Waals surface area contributed by atoms with Crippen molar-refractivity contribution < 1.29 is 0 Å². The highest BCUT2D eigenvalue weighted by atomic mass is 31.1. The van der Waals surface area contributed by atoms with E-state index in [4.69, 9.17) is 5.73 Å². The molecule has 13 heavy (non-hydrogen) atoms. The molecule has 0 aliphatic carbocycles. The average Bonchev–Trinajstić information content (AvgIpc) is 2.12. The summed E-state index contributed by atoms with van der Waals surface area (Å²) in [4.78, 5) is 0. The molecule has 2 atom stereocenters. The topological polar surface area (TPSA) is 32.5 Å². The van der Waals surface area contributed by atoms with Gasteiger partial charge in [-0.3, -0.25) is 9.34 Å². The van der Waals surface area contributed by atoms with Gasteiger partial charge in [0, 0.05) is 28.5 Å². The molecule has 4 heteroatoms. The Hall–Kier alpha value is -0.210. The predicted octanol–water partition coefficient (Wildman–Crippen LogP) is 1.16. The summed E-state index contributed by atoms with van der Waals surface area (Å²) in [5.74, 6) is 0. The van der Waals surface area contributed by atoms with Crippen molar-refractivity contribution in [1.82, 2.24) is 9.34 Å². The van der Waals surface area contributed by atoms with E-state index in [0.29, 0.717) is 8.88 Å². The molecule has 1 heterocycles. The van der Waals surface area contributed by atoms with Crippen LogP contribution in [0.2, 0.25) is 0 Å². The minimum Gasteiger partial charge on any atom is -0.315 e. The zero-order valence-electron chi connectivity index (χ0n) is 7.95. The maximum absolute atomic E-state index is 5.96. The Kier molecular flexibility index (Phi) is 4.60. The molecule has 2 N–H and O–H groups in total. The van der Waals surface area contributed by atoms with Crippen LogP contribution in [0.15, 0.2) is 25.3 Å². The SMILES string of the molecule is C=CCN1CCC(N)N(CC=C)P1. The maximum Gasteiger partial charge on any atom is 0.0632 e. The summed E-state index contributed by atoms with van der Waals surface area (Å²) in [6.45, 7) is 10.4. The van der Waals surface area contributed by atoms with E-state index >= 15 is 0 Å². The lowest BCUT2D eigenvalue weighted by Crippen LogP contribution is -2.45. The Morgan fingerprint density at radius 3 is 2.69 bits per heavy atom. The van der Waals surface area contributed by atoms with Crippen molar-refractivity contribution in [3.63, 3.8) is 0 Å². The summed E-state index contributed by atoms with van der Waals surface area (Å²) in [5, 5.41) is 0. The Bertz CT molecular complexity index is 184. The Morgan fingerprint density at radius 2 is 2.08 bits per heavy atom. The number of nitrogens with zero attached hydrogens (tertiary/aromatic N) is 2. The van der Waals surface area contributed by atoms with E-state index in [1.807, 2.05) is 12.2 Å². The van der Waals surface area contributed by atoms with Gasteiger partial charge in [0.05, 0.1) is 6.17 Å². The number of hydrogen-bond donors (Lipinski definition) is 1. The minimum absolute atomic E-state index is 0.206. The number of rotatable bonds is 4. The molecule has 2 unspecified atom stereocenters. The van der Waals surface area contributed by atoms with Crippen LogP contribution in [-0.4, -0.2) is 35.1 Å². The molecule has 0 aromatic rings. The van der Waals surface area contributed by atoms with E-state index in [0.717, 1.165) is 26.1 Å². The summed E-state index contributed by atoms with van der Waals surface area (Å²) in [6, 6.07) is 0. The van der Waals surface area contributed by atoms with Crippen molar-refractivity contribution in [1.29, 1.82) is 0 Å². The Morgan fingerprint density at radius 1 is 1.38 bits per heavy atom. The Balaban J connectivity index is 2.41. The molecule has 0 amide bonds. The van der Waals surface area contributed by atoms with Crippen molar-refractivity contribution in [2.45, 2.75) is 12.6 Å². The average molecular weight is 199 g/mol. The third-order valence-electron chi connectivity index (χ3n) is 2.04. The molecule has 0 saturated carbocycles. The van der Waals surface area contributed by atoms with Gasteiger partial charge in [0.15, 0.2) is 0 Å². The van der Waals surface area contributed by atoms with Gasteiger partial charge in [-0.25, -0.2) is 0 Å². The molecule has 1 aliphatic rings. The molecule has 1 fully saturated rings. The summed E-state index contributed by atoms with van der Waals surface area (Å²) in [6.07, 6.45) is 5.09.